The van der Waals surface area contributed by atoms with Crippen LogP contribution in [0.15, 0.2) is 170 Å². The SMILES string of the molecule is CC/C=C\C/C=C\C/C=C\C/C=C\C/C=C\CCCCCCCCCCCCCCCCCCCCCC(=O)OCC(O)COP(=O)(O)OCC(O)COP(=O)(O)OCC(COC(=O)CCCCCCCCCCCCC/C=C\C/C=C\C/C=C\C/C=C\C/C=C\CC)OC(=O)CCCCCCCCCCCCC/C=C\C/C=C\C/C=C\C/C=C\CCCCC. The lowest BCUT2D eigenvalue weighted by Gasteiger charge is -2.21. The highest BCUT2D eigenvalue weighted by molar-refractivity contribution is 7.47. The maximum Gasteiger partial charge on any atom is 0.472 e. The second-order valence-electron chi connectivity index (χ2n) is 33.5. The zero-order valence-electron chi connectivity index (χ0n) is 79.5. The van der Waals surface area contributed by atoms with Gasteiger partial charge in [0, 0.05) is 19.3 Å². The first-order valence-corrected chi connectivity index (χ1v) is 53.4. The summed E-state index contributed by atoms with van der Waals surface area (Å²) < 4.78 is 61.7. The quantitative estimate of drug-likeness (QED) is 0.0146. The Morgan fingerprint density at radius 1 is 0.232 bits per heavy atom. The van der Waals surface area contributed by atoms with Gasteiger partial charge in [-0.05, 0) is 154 Å². The second kappa shape index (κ2) is 98.0. The minimum atomic E-state index is -4.95. The number of ether oxygens (including phenoxy) is 3. The van der Waals surface area contributed by atoms with Crippen LogP contribution >= 0.6 is 15.6 Å². The standard InChI is InChI=1S/C107H184O16P2/c1-4-7-10-13-16-19-22-25-28-31-34-37-40-43-46-47-48-49-50-51-52-53-56-58-60-63-66-69-72-75-78-81-84-87-90-93-105(110)117-96-102(108)97-119-124(113,114)120-98-103(109)99-121-125(115,116)122-101-104(123-107(112)95-92-89-86-83-80-77-74-71-68-65-62-59-55-45-42-39-36-33-30-27-24-21-18-15-12-9-6-3)100-118-106(111)94-91-88-85-82-79-76-73-70-67-64-61-57-54-44-41-38-35-32-29-26-23-20-17-14-11-8-5-2/h7-8,10-11,16-21,25-30,34-39,43-46,54-55,102-104,108-109H,4-6,9,12-15,22-24,31-33,40-42,47-53,56-101H2,1-3H3,(H,113,114)(H,115,116)/b10-7-,11-8-,19-16-,20-17-,21-18-,28-25-,29-26-,30-27-,37-34-,38-35-,39-36-,46-43-,54-44-,55-45-. The second-order valence-corrected chi connectivity index (χ2v) is 36.4. The van der Waals surface area contributed by atoms with E-state index in [1.807, 2.05) is 0 Å². The predicted molar refractivity (Wildman–Crippen MR) is 528 cm³/mol. The molecule has 18 heteroatoms. The molecule has 0 aliphatic carbocycles. The molecular formula is C107H184O16P2. The van der Waals surface area contributed by atoms with Gasteiger partial charge in [0.15, 0.2) is 6.10 Å². The Labute approximate surface area is 764 Å². The van der Waals surface area contributed by atoms with Gasteiger partial charge in [0.1, 0.15) is 25.4 Å². The molecule has 0 spiro atoms. The lowest BCUT2D eigenvalue weighted by molar-refractivity contribution is -0.161. The van der Waals surface area contributed by atoms with E-state index >= 15 is 0 Å². The number of phosphoric acid groups is 2. The zero-order valence-corrected chi connectivity index (χ0v) is 81.3. The van der Waals surface area contributed by atoms with Gasteiger partial charge in [-0.1, -0.05) is 428 Å². The molecule has 0 rings (SSSR count). The van der Waals surface area contributed by atoms with E-state index in [0.717, 1.165) is 167 Å². The van der Waals surface area contributed by atoms with Gasteiger partial charge in [0.2, 0.25) is 0 Å². The zero-order chi connectivity index (χ0) is 90.7. The number of hydrogen-bond donors (Lipinski definition) is 4. The smallest absolute Gasteiger partial charge is 0.463 e. The summed E-state index contributed by atoms with van der Waals surface area (Å²) in [6.07, 6.45) is 128. The van der Waals surface area contributed by atoms with Gasteiger partial charge in [-0.15, -0.1) is 0 Å². The van der Waals surface area contributed by atoms with Crippen LogP contribution in [-0.4, -0.2) is 95.9 Å². The summed E-state index contributed by atoms with van der Waals surface area (Å²) in [5, 5.41) is 20.8. The van der Waals surface area contributed by atoms with Gasteiger partial charge in [0.05, 0.1) is 26.4 Å². The van der Waals surface area contributed by atoms with Gasteiger partial charge >= 0.3 is 33.6 Å². The Kier molecular flexibility index (Phi) is 94.0. The van der Waals surface area contributed by atoms with Crippen LogP contribution in [-0.2, 0) is 55.8 Å². The third-order valence-corrected chi connectivity index (χ3v) is 23.3. The Balaban J connectivity index is 4.57. The molecule has 0 aliphatic heterocycles. The third-order valence-electron chi connectivity index (χ3n) is 21.4. The number of esters is 3. The molecule has 0 radical (unpaired) electrons. The van der Waals surface area contributed by atoms with Crippen molar-refractivity contribution in [3.63, 3.8) is 0 Å². The number of allylic oxidation sites excluding steroid dienone is 28. The van der Waals surface area contributed by atoms with Crippen molar-refractivity contribution in [3.8, 4) is 0 Å². The number of carbonyl (C=O) groups is 3. The maximum absolute atomic E-state index is 13.1. The van der Waals surface area contributed by atoms with Crippen LogP contribution in [0.2, 0.25) is 0 Å². The first kappa shape index (κ1) is 120. The molecule has 125 heavy (non-hydrogen) atoms. The van der Waals surface area contributed by atoms with Crippen molar-refractivity contribution in [3.05, 3.63) is 170 Å². The van der Waals surface area contributed by atoms with E-state index < -0.39 is 91.5 Å². The molecule has 0 aliphatic rings. The molecule has 0 saturated carbocycles. The average molecular weight is 1790 g/mol. The van der Waals surface area contributed by atoms with Crippen LogP contribution in [0.25, 0.3) is 0 Å². The fourth-order valence-corrected chi connectivity index (χ4v) is 15.4. The number of unbranched alkanes of at least 4 members (excludes halogenated alkanes) is 44. The molecule has 0 fully saturated rings. The predicted octanol–water partition coefficient (Wildman–Crippen LogP) is 31.8. The number of rotatable bonds is 95. The highest BCUT2D eigenvalue weighted by atomic mass is 31.2. The summed E-state index contributed by atoms with van der Waals surface area (Å²) in [6.45, 7) is 2.49. The van der Waals surface area contributed by atoms with E-state index in [1.165, 1.54) is 205 Å². The van der Waals surface area contributed by atoms with Gasteiger partial charge in [0.25, 0.3) is 0 Å². The van der Waals surface area contributed by atoms with Crippen LogP contribution in [0.5, 0.6) is 0 Å². The lowest BCUT2D eigenvalue weighted by atomic mass is 10.0. The molecular weight excluding hydrogens is 1600 g/mol. The van der Waals surface area contributed by atoms with E-state index in [9.17, 15) is 43.5 Å². The summed E-state index contributed by atoms with van der Waals surface area (Å²) in [4.78, 5) is 59.2. The summed E-state index contributed by atoms with van der Waals surface area (Å²) in [6, 6.07) is 0. The molecule has 0 aromatic rings. The van der Waals surface area contributed by atoms with Crippen molar-refractivity contribution in [1.82, 2.24) is 0 Å². The molecule has 0 heterocycles. The Morgan fingerprint density at radius 3 is 0.672 bits per heavy atom. The number of aliphatic hydroxyl groups excluding tert-OH is 2. The van der Waals surface area contributed by atoms with E-state index in [0.29, 0.717) is 19.3 Å². The van der Waals surface area contributed by atoms with E-state index in [1.54, 1.807) is 0 Å². The molecule has 5 atom stereocenters. The highest BCUT2D eigenvalue weighted by Crippen LogP contribution is 2.45. The van der Waals surface area contributed by atoms with Crippen LogP contribution in [0.1, 0.15) is 432 Å². The number of carbonyl (C=O) groups excluding carboxylic acids is 3. The summed E-state index contributed by atoms with van der Waals surface area (Å²) in [7, 11) is -9.82. The molecule has 0 aromatic carbocycles. The molecule has 16 nitrogen and oxygen atoms in total. The summed E-state index contributed by atoms with van der Waals surface area (Å²) in [5.74, 6) is -1.57. The van der Waals surface area contributed by atoms with Crippen molar-refractivity contribution in [2.24, 2.45) is 0 Å². The monoisotopic (exact) mass is 1790 g/mol. The van der Waals surface area contributed by atoms with Gasteiger partial charge < -0.3 is 34.2 Å². The minimum absolute atomic E-state index is 0.0970. The van der Waals surface area contributed by atoms with E-state index in [2.05, 4.69) is 191 Å². The summed E-state index contributed by atoms with van der Waals surface area (Å²) >= 11 is 0. The Morgan fingerprint density at radius 2 is 0.424 bits per heavy atom. The molecule has 0 aromatic heterocycles. The van der Waals surface area contributed by atoms with Crippen molar-refractivity contribution < 1.29 is 75.8 Å². The highest BCUT2D eigenvalue weighted by Gasteiger charge is 2.30. The minimum Gasteiger partial charge on any atom is -0.463 e. The topological polar surface area (TPSA) is 231 Å². The van der Waals surface area contributed by atoms with Gasteiger partial charge in [-0.25, -0.2) is 9.13 Å². The van der Waals surface area contributed by atoms with Crippen molar-refractivity contribution in [1.29, 1.82) is 0 Å². The Hall–Kier alpha value is -5.09. The first-order chi connectivity index (χ1) is 61.2. The van der Waals surface area contributed by atoms with Gasteiger partial charge in [-0.3, -0.25) is 32.5 Å². The average Bonchev–Trinajstić information content (AvgIpc) is 0.906. The van der Waals surface area contributed by atoms with Crippen molar-refractivity contribution in [2.75, 3.05) is 39.6 Å². The molecule has 4 N–H and O–H groups in total. The van der Waals surface area contributed by atoms with Crippen molar-refractivity contribution in [2.45, 2.75) is 450 Å². The molecule has 0 amide bonds. The van der Waals surface area contributed by atoms with Crippen LogP contribution < -0.4 is 0 Å². The van der Waals surface area contributed by atoms with E-state index in [-0.39, 0.29) is 19.3 Å². The molecule has 718 valence electrons. The maximum atomic E-state index is 13.1. The Bertz CT molecular complexity index is 2950. The fourth-order valence-electron chi connectivity index (χ4n) is 13.8. The molecule has 5 unspecified atom stereocenters. The largest absolute Gasteiger partial charge is 0.472 e. The van der Waals surface area contributed by atoms with Crippen LogP contribution in [0.4, 0.5) is 0 Å². The first-order valence-electron chi connectivity index (χ1n) is 50.4. The number of hydrogen-bond acceptors (Lipinski definition) is 14. The van der Waals surface area contributed by atoms with Crippen LogP contribution in [0, 0.1) is 0 Å². The van der Waals surface area contributed by atoms with Gasteiger partial charge in [-0.2, -0.15) is 0 Å². The normalized spacial score (nSPS) is 14.4. The summed E-state index contributed by atoms with van der Waals surface area (Å²) in [5.41, 5.74) is 0. The van der Waals surface area contributed by atoms with Crippen molar-refractivity contribution >= 4 is 33.6 Å². The molecule has 0 saturated heterocycles. The number of phosphoric ester groups is 2. The van der Waals surface area contributed by atoms with Crippen LogP contribution in [0.3, 0.4) is 0 Å². The third kappa shape index (κ3) is 99.3. The fraction of sp³-hybridized carbons (Fsp3) is 0.710. The van der Waals surface area contributed by atoms with E-state index in [4.69, 9.17) is 32.3 Å². The molecule has 0 bridgehead atoms. The lowest BCUT2D eigenvalue weighted by Crippen LogP contribution is -2.30. The number of aliphatic hydroxyl groups is 2.